The van der Waals surface area contributed by atoms with Crippen LogP contribution in [0.4, 0.5) is 0 Å². The molecule has 0 aromatic carbocycles. The van der Waals surface area contributed by atoms with Crippen molar-refractivity contribution in [1.82, 2.24) is 0 Å². The third kappa shape index (κ3) is 2.91. The number of nitriles is 1. The van der Waals surface area contributed by atoms with Gasteiger partial charge in [-0.1, -0.05) is 0 Å². The molecule has 0 aromatic heterocycles. The lowest BCUT2D eigenvalue weighted by Gasteiger charge is -2.03. The highest BCUT2D eigenvalue weighted by Gasteiger charge is 2.13. The summed E-state index contributed by atoms with van der Waals surface area (Å²) in [6.07, 6.45) is 3.48. The molecule has 0 bridgehead atoms. The Morgan fingerprint density at radius 1 is 1.29 bits per heavy atom. The van der Waals surface area contributed by atoms with Crippen molar-refractivity contribution in [3.8, 4) is 6.07 Å². The SMILES string of the molecule is [C-]#[N+]C(=C(/N)SC)/C(C#N)=C(\N)SC. The predicted octanol–water partition coefficient (Wildman–Crippen LogP) is 1.45. The van der Waals surface area contributed by atoms with Gasteiger partial charge in [-0.05, 0) is 12.5 Å². The second-order valence-corrected chi connectivity index (χ2v) is 3.78. The monoisotopic (exact) mass is 226 g/mol. The smallest absolute Gasteiger partial charge is 0.235 e. The van der Waals surface area contributed by atoms with Crippen molar-refractivity contribution < 1.29 is 0 Å². The summed E-state index contributed by atoms with van der Waals surface area (Å²) in [4.78, 5) is 3.21. The van der Waals surface area contributed by atoms with E-state index in [0.29, 0.717) is 10.1 Å². The quantitative estimate of drug-likeness (QED) is 0.432. The molecule has 0 rings (SSSR count). The van der Waals surface area contributed by atoms with Crippen molar-refractivity contribution in [3.63, 3.8) is 0 Å². The lowest BCUT2D eigenvalue weighted by Crippen LogP contribution is -2.03. The molecule has 0 aliphatic rings. The minimum atomic E-state index is 0.131. The van der Waals surface area contributed by atoms with E-state index in [1.165, 1.54) is 23.5 Å². The van der Waals surface area contributed by atoms with E-state index < -0.39 is 0 Å². The first kappa shape index (κ1) is 12.8. The summed E-state index contributed by atoms with van der Waals surface area (Å²) in [6.45, 7) is 6.92. The van der Waals surface area contributed by atoms with E-state index in [4.69, 9.17) is 23.3 Å². The zero-order valence-electron chi connectivity index (χ0n) is 7.87. The van der Waals surface area contributed by atoms with Crippen LogP contribution in [0.5, 0.6) is 0 Å². The van der Waals surface area contributed by atoms with Crippen LogP contribution in [-0.2, 0) is 0 Å². The van der Waals surface area contributed by atoms with E-state index in [1.807, 2.05) is 6.07 Å². The average Bonchev–Trinajstić information content (AvgIpc) is 2.23. The van der Waals surface area contributed by atoms with Crippen molar-refractivity contribution in [2.45, 2.75) is 0 Å². The number of hydrogen-bond acceptors (Lipinski definition) is 5. The third-order valence-electron chi connectivity index (χ3n) is 1.38. The van der Waals surface area contributed by atoms with Gasteiger partial charge in [0, 0.05) is 0 Å². The Labute approximate surface area is 91.8 Å². The number of rotatable bonds is 3. The van der Waals surface area contributed by atoms with Crippen molar-refractivity contribution in [2.24, 2.45) is 11.5 Å². The summed E-state index contributed by atoms with van der Waals surface area (Å²) in [6, 6.07) is 1.89. The molecule has 0 heterocycles. The first-order valence-corrected chi connectivity index (χ1v) is 5.92. The molecule has 0 saturated heterocycles. The van der Waals surface area contributed by atoms with E-state index in [1.54, 1.807) is 12.5 Å². The van der Waals surface area contributed by atoms with Crippen molar-refractivity contribution >= 4 is 23.5 Å². The topological polar surface area (TPSA) is 80.2 Å². The Morgan fingerprint density at radius 3 is 2.07 bits per heavy atom. The Bertz CT molecular complexity index is 321. The van der Waals surface area contributed by atoms with Gasteiger partial charge >= 0.3 is 0 Å². The van der Waals surface area contributed by atoms with E-state index >= 15 is 0 Å². The molecule has 0 aliphatic heterocycles. The normalized spacial score (nSPS) is 13.4. The van der Waals surface area contributed by atoms with Gasteiger partial charge < -0.3 is 11.5 Å². The molecule has 0 aliphatic carbocycles. The molecule has 0 amide bonds. The molecular weight excluding hydrogens is 216 g/mol. The van der Waals surface area contributed by atoms with Crippen LogP contribution in [0.2, 0.25) is 0 Å². The summed E-state index contributed by atoms with van der Waals surface area (Å²) in [5.74, 6) is 0. The van der Waals surface area contributed by atoms with E-state index in [9.17, 15) is 0 Å². The summed E-state index contributed by atoms with van der Waals surface area (Å²) >= 11 is 2.44. The van der Waals surface area contributed by atoms with Crippen LogP contribution in [0.1, 0.15) is 0 Å². The molecule has 0 spiro atoms. The molecule has 0 fully saturated rings. The summed E-state index contributed by atoms with van der Waals surface area (Å²) in [5, 5.41) is 9.46. The molecule has 4 nitrogen and oxygen atoms in total. The fraction of sp³-hybridized carbons (Fsp3) is 0.250. The van der Waals surface area contributed by atoms with Crippen LogP contribution in [0.25, 0.3) is 4.85 Å². The van der Waals surface area contributed by atoms with Crippen LogP contribution in [-0.4, -0.2) is 12.5 Å². The fourth-order valence-corrected chi connectivity index (χ4v) is 1.35. The minimum Gasteiger partial charge on any atom is -0.402 e. The number of thioether (sulfide) groups is 2. The maximum Gasteiger partial charge on any atom is 0.235 e. The zero-order valence-corrected chi connectivity index (χ0v) is 9.50. The Hall–Kier alpha value is -1.24. The number of hydrogen-bond donors (Lipinski definition) is 2. The van der Waals surface area contributed by atoms with E-state index in [-0.39, 0.29) is 11.3 Å². The predicted molar refractivity (Wildman–Crippen MR) is 61.7 cm³/mol. The first-order chi connectivity index (χ1) is 6.62. The minimum absolute atomic E-state index is 0.131. The van der Waals surface area contributed by atoms with Crippen LogP contribution in [0, 0.1) is 17.9 Å². The molecule has 4 N–H and O–H groups in total. The highest BCUT2D eigenvalue weighted by atomic mass is 32.2. The van der Waals surface area contributed by atoms with Crippen LogP contribution in [0.3, 0.4) is 0 Å². The van der Waals surface area contributed by atoms with Crippen molar-refractivity contribution in [1.29, 1.82) is 5.26 Å². The first-order valence-electron chi connectivity index (χ1n) is 3.47. The van der Waals surface area contributed by atoms with Gasteiger partial charge in [0.25, 0.3) is 0 Å². The summed E-state index contributed by atoms with van der Waals surface area (Å²) < 4.78 is 0. The van der Waals surface area contributed by atoms with Crippen LogP contribution < -0.4 is 11.5 Å². The van der Waals surface area contributed by atoms with Gasteiger partial charge in [-0.25, -0.2) is 4.85 Å². The second-order valence-electron chi connectivity index (χ2n) is 2.08. The third-order valence-corrected chi connectivity index (χ3v) is 2.66. The number of nitrogens with two attached hydrogens (primary N) is 2. The second kappa shape index (κ2) is 6.25. The molecule has 6 heteroatoms. The lowest BCUT2D eigenvalue weighted by atomic mass is 10.2. The maximum absolute atomic E-state index is 8.83. The van der Waals surface area contributed by atoms with Gasteiger partial charge in [-0.2, -0.15) is 5.26 Å². The van der Waals surface area contributed by atoms with Gasteiger partial charge in [0.15, 0.2) is 0 Å². The number of nitrogens with zero attached hydrogens (tertiary/aromatic N) is 2. The van der Waals surface area contributed by atoms with Gasteiger partial charge in [-0.3, -0.25) is 0 Å². The van der Waals surface area contributed by atoms with Gasteiger partial charge in [-0.15, -0.1) is 23.5 Å². The summed E-state index contributed by atoms with van der Waals surface area (Å²) in [5.41, 5.74) is 11.4. The highest BCUT2D eigenvalue weighted by molar-refractivity contribution is 8.02. The molecular formula is C8H10N4S2. The van der Waals surface area contributed by atoms with Crippen LogP contribution >= 0.6 is 23.5 Å². The van der Waals surface area contributed by atoms with Crippen molar-refractivity contribution in [2.75, 3.05) is 12.5 Å². The van der Waals surface area contributed by atoms with Crippen LogP contribution in [0.15, 0.2) is 21.3 Å². The summed E-state index contributed by atoms with van der Waals surface area (Å²) in [7, 11) is 0. The zero-order chi connectivity index (χ0) is 11.1. The Kier molecular flexibility index (Phi) is 5.70. The Balaban J connectivity index is 5.49. The molecule has 0 radical (unpaired) electrons. The maximum atomic E-state index is 8.83. The largest absolute Gasteiger partial charge is 0.402 e. The molecule has 0 atom stereocenters. The highest BCUT2D eigenvalue weighted by Crippen LogP contribution is 2.23. The Morgan fingerprint density at radius 2 is 1.79 bits per heavy atom. The number of allylic oxidation sites excluding steroid dienone is 1. The van der Waals surface area contributed by atoms with E-state index in [2.05, 4.69) is 4.85 Å². The molecule has 14 heavy (non-hydrogen) atoms. The van der Waals surface area contributed by atoms with Gasteiger partial charge in [0.05, 0.1) is 28.3 Å². The van der Waals surface area contributed by atoms with Crippen molar-refractivity contribution in [3.05, 3.63) is 32.7 Å². The standard InChI is InChI=1S/C8H10N4S2/c1-12-6(8(11)14-3)5(4-9)7(10)13-2/h10-11H2,2-3H3/b7-5+,8-6-. The molecule has 0 unspecified atom stereocenters. The molecule has 0 saturated carbocycles. The van der Waals surface area contributed by atoms with E-state index in [0.717, 1.165) is 0 Å². The van der Waals surface area contributed by atoms with Gasteiger partial charge in [0.2, 0.25) is 5.70 Å². The average molecular weight is 226 g/mol. The molecule has 74 valence electrons. The van der Waals surface area contributed by atoms with Gasteiger partial charge in [0.1, 0.15) is 0 Å². The fourth-order valence-electron chi connectivity index (χ4n) is 0.658. The molecule has 0 aromatic rings. The lowest BCUT2D eigenvalue weighted by molar-refractivity contribution is 1.36.